The Morgan fingerprint density at radius 3 is 2.17 bits per heavy atom. The largest absolute Gasteiger partial charge is 0.326 e. The Kier molecular flexibility index (Phi) is 3.67. The van der Waals surface area contributed by atoms with Gasteiger partial charge in [0, 0.05) is 11.3 Å². The summed E-state index contributed by atoms with van der Waals surface area (Å²) in [6, 6.07) is 12.3. The molecule has 0 spiro atoms. The number of anilines is 1. The minimum Gasteiger partial charge on any atom is -0.326 e. The molecule has 0 aliphatic rings. The van der Waals surface area contributed by atoms with Crippen LogP contribution in [-0.2, 0) is 11.2 Å². The predicted octanol–water partition coefficient (Wildman–Crippen LogP) is 3.15. The van der Waals surface area contributed by atoms with Gasteiger partial charge >= 0.3 is 0 Å². The van der Waals surface area contributed by atoms with Crippen molar-refractivity contribution in [2.45, 2.75) is 6.42 Å². The van der Waals surface area contributed by atoms with E-state index in [4.69, 9.17) is 0 Å². The fourth-order valence-corrected chi connectivity index (χ4v) is 1.59. The standard InChI is InChI=1S/C14H11F2NO/c15-12-7-4-8-13(16)11(12)9-14(18)17-10-5-2-1-3-6-10/h1-8H,9H2,(H,17,18). The molecule has 4 heteroatoms. The lowest BCUT2D eigenvalue weighted by molar-refractivity contribution is -0.115. The fourth-order valence-electron chi connectivity index (χ4n) is 1.59. The second-order valence-electron chi connectivity index (χ2n) is 3.79. The number of hydrogen-bond donors (Lipinski definition) is 1. The van der Waals surface area contributed by atoms with Crippen molar-refractivity contribution in [2.24, 2.45) is 0 Å². The van der Waals surface area contributed by atoms with E-state index in [1.165, 1.54) is 6.07 Å². The van der Waals surface area contributed by atoms with Crippen LogP contribution in [0.3, 0.4) is 0 Å². The summed E-state index contributed by atoms with van der Waals surface area (Å²) in [5, 5.41) is 2.57. The van der Waals surface area contributed by atoms with Crippen molar-refractivity contribution >= 4 is 11.6 Å². The van der Waals surface area contributed by atoms with Gasteiger partial charge in [0.1, 0.15) is 11.6 Å². The highest BCUT2D eigenvalue weighted by Crippen LogP contribution is 2.14. The first-order valence-electron chi connectivity index (χ1n) is 5.44. The van der Waals surface area contributed by atoms with Gasteiger partial charge in [-0.3, -0.25) is 4.79 Å². The molecular formula is C14H11F2NO. The number of carbonyl (C=O) groups is 1. The maximum atomic E-state index is 13.3. The molecule has 18 heavy (non-hydrogen) atoms. The van der Waals surface area contributed by atoms with E-state index in [0.717, 1.165) is 12.1 Å². The van der Waals surface area contributed by atoms with Crippen LogP contribution in [-0.4, -0.2) is 5.91 Å². The Labute approximate surface area is 103 Å². The van der Waals surface area contributed by atoms with Crippen LogP contribution in [0.2, 0.25) is 0 Å². The van der Waals surface area contributed by atoms with Gasteiger partial charge in [0.15, 0.2) is 0 Å². The molecule has 1 amide bonds. The molecular weight excluding hydrogens is 236 g/mol. The summed E-state index contributed by atoms with van der Waals surface area (Å²) in [5.74, 6) is -1.87. The van der Waals surface area contributed by atoms with E-state index in [9.17, 15) is 13.6 Å². The highest BCUT2D eigenvalue weighted by molar-refractivity contribution is 5.92. The zero-order valence-electron chi connectivity index (χ0n) is 9.49. The third-order valence-corrected chi connectivity index (χ3v) is 2.46. The monoisotopic (exact) mass is 247 g/mol. The molecule has 0 unspecified atom stereocenters. The average Bonchev–Trinajstić information content (AvgIpc) is 2.35. The van der Waals surface area contributed by atoms with Gasteiger partial charge in [0.05, 0.1) is 6.42 Å². The maximum absolute atomic E-state index is 13.3. The van der Waals surface area contributed by atoms with E-state index in [0.29, 0.717) is 5.69 Å². The van der Waals surface area contributed by atoms with E-state index in [2.05, 4.69) is 5.32 Å². The molecule has 1 N–H and O–H groups in total. The summed E-state index contributed by atoms with van der Waals surface area (Å²) < 4.78 is 26.7. The number of hydrogen-bond acceptors (Lipinski definition) is 1. The number of carbonyl (C=O) groups excluding carboxylic acids is 1. The van der Waals surface area contributed by atoms with Crippen LogP contribution in [0, 0.1) is 11.6 Å². The predicted molar refractivity (Wildman–Crippen MR) is 65.1 cm³/mol. The number of para-hydroxylation sites is 1. The van der Waals surface area contributed by atoms with E-state index in [-0.39, 0.29) is 12.0 Å². The summed E-state index contributed by atoms with van der Waals surface area (Å²) in [7, 11) is 0. The van der Waals surface area contributed by atoms with Crippen LogP contribution < -0.4 is 5.32 Å². The van der Waals surface area contributed by atoms with Gasteiger partial charge in [0.2, 0.25) is 5.91 Å². The molecule has 92 valence electrons. The Balaban J connectivity index is 2.08. The molecule has 2 nitrogen and oxygen atoms in total. The first-order valence-corrected chi connectivity index (χ1v) is 5.44. The van der Waals surface area contributed by atoms with E-state index < -0.39 is 17.5 Å². The zero-order chi connectivity index (χ0) is 13.0. The summed E-state index contributed by atoms with van der Waals surface area (Å²) in [6.07, 6.45) is -0.326. The molecule has 0 bridgehead atoms. The average molecular weight is 247 g/mol. The lowest BCUT2D eigenvalue weighted by Crippen LogP contribution is -2.16. The molecule has 0 saturated heterocycles. The lowest BCUT2D eigenvalue weighted by Gasteiger charge is -2.06. The molecule has 0 aromatic heterocycles. The van der Waals surface area contributed by atoms with Crippen LogP contribution in [0.5, 0.6) is 0 Å². The number of nitrogens with one attached hydrogen (secondary N) is 1. The molecule has 2 aromatic carbocycles. The Morgan fingerprint density at radius 1 is 0.944 bits per heavy atom. The van der Waals surface area contributed by atoms with Crippen LogP contribution >= 0.6 is 0 Å². The molecule has 0 aliphatic heterocycles. The molecule has 0 atom stereocenters. The molecule has 0 heterocycles. The Hall–Kier alpha value is -2.23. The summed E-state index contributed by atoms with van der Waals surface area (Å²) in [5.41, 5.74) is 0.380. The minimum atomic E-state index is -0.710. The maximum Gasteiger partial charge on any atom is 0.229 e. The van der Waals surface area contributed by atoms with Gasteiger partial charge in [0.25, 0.3) is 0 Å². The smallest absolute Gasteiger partial charge is 0.229 e. The fraction of sp³-hybridized carbons (Fsp3) is 0.0714. The number of halogens is 2. The Bertz CT molecular complexity index is 535. The van der Waals surface area contributed by atoms with E-state index >= 15 is 0 Å². The molecule has 0 fully saturated rings. The quantitative estimate of drug-likeness (QED) is 0.886. The van der Waals surface area contributed by atoms with Crippen LogP contribution in [0.1, 0.15) is 5.56 Å². The topological polar surface area (TPSA) is 29.1 Å². The van der Waals surface area contributed by atoms with Crippen LogP contribution in [0.25, 0.3) is 0 Å². The third kappa shape index (κ3) is 2.91. The highest BCUT2D eigenvalue weighted by Gasteiger charge is 2.12. The van der Waals surface area contributed by atoms with Gasteiger partial charge in [-0.2, -0.15) is 0 Å². The van der Waals surface area contributed by atoms with Gasteiger partial charge in [-0.1, -0.05) is 24.3 Å². The van der Waals surface area contributed by atoms with E-state index in [1.54, 1.807) is 24.3 Å². The van der Waals surface area contributed by atoms with Crippen molar-refractivity contribution in [1.29, 1.82) is 0 Å². The number of rotatable bonds is 3. The second-order valence-corrected chi connectivity index (χ2v) is 3.79. The lowest BCUT2D eigenvalue weighted by atomic mass is 10.1. The SMILES string of the molecule is O=C(Cc1c(F)cccc1F)Nc1ccccc1. The zero-order valence-corrected chi connectivity index (χ0v) is 9.49. The third-order valence-electron chi connectivity index (χ3n) is 2.46. The van der Waals surface area contributed by atoms with Crippen molar-refractivity contribution in [3.63, 3.8) is 0 Å². The van der Waals surface area contributed by atoms with E-state index in [1.807, 2.05) is 6.07 Å². The first-order chi connectivity index (χ1) is 8.66. The van der Waals surface area contributed by atoms with Gasteiger partial charge in [-0.15, -0.1) is 0 Å². The summed E-state index contributed by atoms with van der Waals surface area (Å²) in [4.78, 5) is 11.6. The highest BCUT2D eigenvalue weighted by atomic mass is 19.1. The normalized spacial score (nSPS) is 10.1. The molecule has 2 aromatic rings. The van der Waals surface area contributed by atoms with Gasteiger partial charge in [-0.05, 0) is 24.3 Å². The molecule has 0 radical (unpaired) electrons. The summed E-state index contributed by atoms with van der Waals surface area (Å²) in [6.45, 7) is 0. The Morgan fingerprint density at radius 2 is 1.56 bits per heavy atom. The molecule has 0 saturated carbocycles. The van der Waals surface area contributed by atoms with Gasteiger partial charge < -0.3 is 5.32 Å². The minimum absolute atomic E-state index is 0.217. The van der Waals surface area contributed by atoms with Gasteiger partial charge in [-0.25, -0.2) is 8.78 Å². The number of benzene rings is 2. The first kappa shape index (κ1) is 12.2. The van der Waals surface area contributed by atoms with Crippen molar-refractivity contribution in [1.82, 2.24) is 0 Å². The molecule has 2 rings (SSSR count). The van der Waals surface area contributed by atoms with Crippen molar-refractivity contribution in [2.75, 3.05) is 5.32 Å². The summed E-state index contributed by atoms with van der Waals surface area (Å²) >= 11 is 0. The van der Waals surface area contributed by atoms with Crippen molar-refractivity contribution in [3.05, 3.63) is 65.7 Å². The van der Waals surface area contributed by atoms with Crippen molar-refractivity contribution in [3.8, 4) is 0 Å². The number of amides is 1. The second kappa shape index (κ2) is 5.40. The van der Waals surface area contributed by atoms with Crippen LogP contribution in [0.4, 0.5) is 14.5 Å². The molecule has 0 aliphatic carbocycles. The van der Waals surface area contributed by atoms with Crippen molar-refractivity contribution < 1.29 is 13.6 Å². The van der Waals surface area contributed by atoms with Crippen LogP contribution in [0.15, 0.2) is 48.5 Å².